The first-order chi connectivity index (χ1) is 8.69. The molecule has 3 rings (SSSR count). The molecule has 0 aromatic carbocycles. The van der Waals surface area contributed by atoms with Crippen molar-refractivity contribution in [1.82, 2.24) is 4.90 Å². The van der Waals surface area contributed by atoms with Gasteiger partial charge in [0.2, 0.25) is 0 Å². The highest BCUT2D eigenvalue weighted by atomic mass is 35.5. The van der Waals surface area contributed by atoms with Crippen molar-refractivity contribution < 1.29 is 4.74 Å². The van der Waals surface area contributed by atoms with Gasteiger partial charge in [0.05, 0.1) is 11.1 Å². The molecule has 0 aromatic rings. The third kappa shape index (κ3) is 2.24. The van der Waals surface area contributed by atoms with Crippen LogP contribution in [0.4, 0.5) is 0 Å². The highest BCUT2D eigenvalue weighted by Crippen LogP contribution is 2.41. The number of nitrogens with zero attached hydrogens (tertiary/aromatic N) is 2. The molecule has 0 aliphatic carbocycles. The fourth-order valence-corrected chi connectivity index (χ4v) is 3.42. The van der Waals surface area contributed by atoms with E-state index in [2.05, 4.69) is 9.89 Å². The Hall–Kier alpha value is -0.740. The number of alkyl halides is 1. The summed E-state index contributed by atoms with van der Waals surface area (Å²) in [6.45, 7) is 3.92. The van der Waals surface area contributed by atoms with Crippen molar-refractivity contribution in [2.24, 2.45) is 16.1 Å². The van der Waals surface area contributed by atoms with E-state index in [4.69, 9.17) is 22.1 Å². The SMILES string of the molecule is NC1=C(N2CCC3(CCOCC3)C2)N=CC(Cl)C1. The second-order valence-corrected chi connectivity index (χ2v) is 6.19. The molecular formula is C13H20ClN3O. The molecule has 0 aromatic heterocycles. The van der Waals surface area contributed by atoms with Crippen molar-refractivity contribution >= 4 is 17.8 Å². The van der Waals surface area contributed by atoms with E-state index in [1.54, 1.807) is 0 Å². The second-order valence-electron chi connectivity index (χ2n) is 5.63. The zero-order valence-corrected chi connectivity index (χ0v) is 11.3. The molecule has 0 radical (unpaired) electrons. The van der Waals surface area contributed by atoms with Crippen molar-refractivity contribution in [3.8, 4) is 0 Å². The summed E-state index contributed by atoms with van der Waals surface area (Å²) in [5.41, 5.74) is 7.35. The van der Waals surface area contributed by atoms with Gasteiger partial charge in [-0.2, -0.15) is 0 Å². The van der Waals surface area contributed by atoms with E-state index in [-0.39, 0.29) is 5.38 Å². The highest BCUT2D eigenvalue weighted by Gasteiger charge is 2.40. The number of aliphatic imine (C=N–C) groups is 1. The summed E-state index contributed by atoms with van der Waals surface area (Å²) in [7, 11) is 0. The summed E-state index contributed by atoms with van der Waals surface area (Å²) in [6, 6.07) is 0. The summed E-state index contributed by atoms with van der Waals surface area (Å²) < 4.78 is 5.47. The number of halogens is 1. The molecule has 18 heavy (non-hydrogen) atoms. The van der Waals surface area contributed by atoms with Crippen LogP contribution in [-0.2, 0) is 4.74 Å². The lowest BCUT2D eigenvalue weighted by molar-refractivity contribution is 0.0207. The van der Waals surface area contributed by atoms with Crippen LogP contribution in [0.2, 0.25) is 0 Å². The Morgan fingerprint density at radius 2 is 2.17 bits per heavy atom. The third-order valence-corrected chi connectivity index (χ3v) is 4.62. The first-order valence-electron chi connectivity index (χ1n) is 6.68. The van der Waals surface area contributed by atoms with Gasteiger partial charge in [-0.1, -0.05) is 0 Å². The Kier molecular flexibility index (Phi) is 3.24. The number of hydrogen-bond acceptors (Lipinski definition) is 4. The summed E-state index contributed by atoms with van der Waals surface area (Å²) in [5.74, 6) is 0.954. The number of nitrogens with two attached hydrogens (primary N) is 1. The van der Waals surface area contributed by atoms with Crippen LogP contribution in [0.25, 0.3) is 0 Å². The van der Waals surface area contributed by atoms with Gasteiger partial charge in [-0.05, 0) is 24.7 Å². The molecule has 1 spiro atoms. The molecule has 5 heteroatoms. The van der Waals surface area contributed by atoms with Gasteiger partial charge in [0.25, 0.3) is 0 Å². The molecule has 2 fully saturated rings. The average molecular weight is 270 g/mol. The smallest absolute Gasteiger partial charge is 0.147 e. The number of ether oxygens (including phenoxy) is 1. The maximum absolute atomic E-state index is 6.08. The Morgan fingerprint density at radius 1 is 1.39 bits per heavy atom. The minimum absolute atomic E-state index is 0.0478. The van der Waals surface area contributed by atoms with E-state index in [0.29, 0.717) is 11.8 Å². The Bertz CT molecular complexity index is 388. The van der Waals surface area contributed by atoms with Crippen LogP contribution in [0.1, 0.15) is 25.7 Å². The largest absolute Gasteiger partial charge is 0.399 e. The van der Waals surface area contributed by atoms with Crippen molar-refractivity contribution in [1.29, 1.82) is 0 Å². The molecule has 1 atom stereocenters. The number of allylic oxidation sites excluding steroid dienone is 1. The molecule has 2 saturated heterocycles. The Morgan fingerprint density at radius 3 is 2.89 bits per heavy atom. The third-order valence-electron chi connectivity index (χ3n) is 4.35. The van der Waals surface area contributed by atoms with E-state index < -0.39 is 0 Å². The Balaban J connectivity index is 1.72. The molecule has 100 valence electrons. The van der Waals surface area contributed by atoms with Gasteiger partial charge in [0.1, 0.15) is 5.82 Å². The molecular weight excluding hydrogens is 250 g/mol. The lowest BCUT2D eigenvalue weighted by atomic mass is 9.80. The standard InChI is InChI=1S/C13H20ClN3O/c14-10-7-11(15)12(16-8-10)17-4-1-13(9-17)2-5-18-6-3-13/h8,10H,1-7,9,15H2. The van der Waals surface area contributed by atoms with E-state index in [1.165, 1.54) is 19.3 Å². The maximum Gasteiger partial charge on any atom is 0.147 e. The molecule has 3 aliphatic rings. The van der Waals surface area contributed by atoms with Gasteiger partial charge in [0.15, 0.2) is 0 Å². The predicted molar refractivity (Wildman–Crippen MR) is 72.6 cm³/mol. The molecule has 0 saturated carbocycles. The fourth-order valence-electron chi connectivity index (χ4n) is 3.20. The van der Waals surface area contributed by atoms with E-state index >= 15 is 0 Å². The zero-order valence-electron chi connectivity index (χ0n) is 10.6. The molecule has 0 bridgehead atoms. The van der Waals surface area contributed by atoms with Crippen LogP contribution in [-0.4, -0.2) is 42.8 Å². The topological polar surface area (TPSA) is 50.8 Å². The average Bonchev–Trinajstić information content (AvgIpc) is 2.74. The summed E-state index contributed by atoms with van der Waals surface area (Å²) >= 11 is 6.03. The van der Waals surface area contributed by atoms with E-state index in [0.717, 1.165) is 37.8 Å². The van der Waals surface area contributed by atoms with Gasteiger partial charge in [0, 0.05) is 38.9 Å². The van der Waals surface area contributed by atoms with Crippen LogP contribution >= 0.6 is 11.6 Å². The van der Waals surface area contributed by atoms with E-state index in [1.807, 2.05) is 6.21 Å². The summed E-state index contributed by atoms with van der Waals surface area (Å²) in [6.07, 6.45) is 6.08. The molecule has 4 nitrogen and oxygen atoms in total. The molecule has 2 N–H and O–H groups in total. The highest BCUT2D eigenvalue weighted by molar-refractivity contribution is 6.28. The van der Waals surface area contributed by atoms with Crippen molar-refractivity contribution in [3.05, 3.63) is 11.5 Å². The molecule has 0 amide bonds. The minimum atomic E-state index is -0.0478. The lowest BCUT2D eigenvalue weighted by Gasteiger charge is -2.34. The van der Waals surface area contributed by atoms with Gasteiger partial charge < -0.3 is 15.4 Å². The molecule has 1 unspecified atom stereocenters. The predicted octanol–water partition coefficient (Wildman–Crippen LogP) is 1.70. The van der Waals surface area contributed by atoms with Gasteiger partial charge in [-0.25, -0.2) is 4.99 Å². The van der Waals surface area contributed by atoms with Crippen LogP contribution in [0.5, 0.6) is 0 Å². The minimum Gasteiger partial charge on any atom is -0.399 e. The first-order valence-corrected chi connectivity index (χ1v) is 7.12. The molecule has 3 aliphatic heterocycles. The first kappa shape index (κ1) is 12.3. The maximum atomic E-state index is 6.08. The monoisotopic (exact) mass is 269 g/mol. The lowest BCUT2D eigenvalue weighted by Crippen LogP contribution is -2.34. The van der Waals surface area contributed by atoms with E-state index in [9.17, 15) is 0 Å². The fraction of sp³-hybridized carbons (Fsp3) is 0.769. The van der Waals surface area contributed by atoms with Crippen LogP contribution in [0, 0.1) is 5.41 Å². The van der Waals surface area contributed by atoms with Crippen LogP contribution in [0.3, 0.4) is 0 Å². The van der Waals surface area contributed by atoms with Gasteiger partial charge in [-0.15, -0.1) is 11.6 Å². The quantitative estimate of drug-likeness (QED) is 0.737. The summed E-state index contributed by atoms with van der Waals surface area (Å²) in [5, 5.41) is -0.0478. The normalized spacial score (nSPS) is 31.4. The molecule has 3 heterocycles. The van der Waals surface area contributed by atoms with Gasteiger partial charge in [-0.3, -0.25) is 0 Å². The van der Waals surface area contributed by atoms with Crippen molar-refractivity contribution in [2.45, 2.75) is 31.1 Å². The second kappa shape index (κ2) is 4.74. The zero-order chi connectivity index (χ0) is 12.6. The number of rotatable bonds is 1. The number of likely N-dealkylation sites (tertiary alicyclic amines) is 1. The Labute approximate surface area is 113 Å². The number of hydrogen-bond donors (Lipinski definition) is 1. The van der Waals surface area contributed by atoms with Crippen molar-refractivity contribution in [3.63, 3.8) is 0 Å². The van der Waals surface area contributed by atoms with Crippen molar-refractivity contribution in [2.75, 3.05) is 26.3 Å². The van der Waals surface area contributed by atoms with Crippen LogP contribution < -0.4 is 5.73 Å². The summed E-state index contributed by atoms with van der Waals surface area (Å²) in [4.78, 5) is 6.78. The van der Waals surface area contributed by atoms with Gasteiger partial charge >= 0.3 is 0 Å². The van der Waals surface area contributed by atoms with Crippen LogP contribution in [0.15, 0.2) is 16.5 Å².